The Bertz CT molecular complexity index is 838. The molecular formula is C14H11ClN4O4. The summed E-state index contributed by atoms with van der Waals surface area (Å²) in [5.41, 5.74) is 0.377. The van der Waals surface area contributed by atoms with Crippen LogP contribution in [0.3, 0.4) is 0 Å². The lowest BCUT2D eigenvalue weighted by Crippen LogP contribution is -2.09. The standard InChI is InChI=1S/C14H11ClN4O4/c1-2-23-14(20)9-7-18(17)12(6-16)13(9)8-3-4-11(19(21)22)10(15)5-8/h3-5,7H,2,17H2,1H3. The van der Waals surface area contributed by atoms with Crippen molar-refractivity contribution in [2.75, 3.05) is 12.4 Å². The van der Waals surface area contributed by atoms with Crippen LogP contribution in [0.25, 0.3) is 11.1 Å². The lowest BCUT2D eigenvalue weighted by molar-refractivity contribution is -0.384. The Morgan fingerprint density at radius 3 is 2.78 bits per heavy atom. The number of rotatable bonds is 4. The van der Waals surface area contributed by atoms with Crippen molar-refractivity contribution < 1.29 is 14.5 Å². The van der Waals surface area contributed by atoms with E-state index in [-0.39, 0.29) is 34.1 Å². The van der Waals surface area contributed by atoms with E-state index in [9.17, 15) is 20.2 Å². The summed E-state index contributed by atoms with van der Waals surface area (Å²) in [6.45, 7) is 1.79. The van der Waals surface area contributed by atoms with Gasteiger partial charge in [-0.05, 0) is 24.6 Å². The molecule has 1 aromatic heterocycles. The van der Waals surface area contributed by atoms with Crippen molar-refractivity contribution in [3.8, 4) is 17.2 Å². The molecule has 118 valence electrons. The minimum atomic E-state index is -0.655. The summed E-state index contributed by atoms with van der Waals surface area (Å²) in [6.07, 6.45) is 1.27. The van der Waals surface area contributed by atoms with Crippen LogP contribution in [0.1, 0.15) is 23.0 Å². The van der Waals surface area contributed by atoms with E-state index in [4.69, 9.17) is 22.2 Å². The molecule has 2 N–H and O–H groups in total. The highest BCUT2D eigenvalue weighted by Gasteiger charge is 2.24. The third kappa shape index (κ3) is 2.95. The molecular weight excluding hydrogens is 324 g/mol. The maximum Gasteiger partial charge on any atom is 0.340 e. The lowest BCUT2D eigenvalue weighted by Gasteiger charge is -2.06. The van der Waals surface area contributed by atoms with E-state index >= 15 is 0 Å². The minimum absolute atomic E-state index is 0.0120. The number of benzene rings is 1. The molecule has 0 saturated heterocycles. The summed E-state index contributed by atoms with van der Waals surface area (Å²) in [7, 11) is 0. The van der Waals surface area contributed by atoms with Gasteiger partial charge in [0.1, 0.15) is 16.8 Å². The van der Waals surface area contributed by atoms with Gasteiger partial charge < -0.3 is 10.6 Å². The molecule has 2 aromatic rings. The van der Waals surface area contributed by atoms with Crippen molar-refractivity contribution in [3.05, 3.63) is 50.8 Å². The van der Waals surface area contributed by atoms with Gasteiger partial charge in [-0.3, -0.25) is 14.8 Å². The fourth-order valence-corrected chi connectivity index (χ4v) is 2.35. The zero-order chi connectivity index (χ0) is 17.1. The Hall–Kier alpha value is -3.05. The van der Waals surface area contributed by atoms with Gasteiger partial charge in [0.05, 0.1) is 17.1 Å². The first-order valence-corrected chi connectivity index (χ1v) is 6.80. The summed E-state index contributed by atoms with van der Waals surface area (Å²) in [4.78, 5) is 22.2. The second-order valence-electron chi connectivity index (χ2n) is 4.43. The zero-order valence-electron chi connectivity index (χ0n) is 11.9. The number of nitriles is 1. The molecule has 9 heteroatoms. The molecule has 0 aliphatic rings. The molecule has 0 fully saturated rings. The van der Waals surface area contributed by atoms with Crippen molar-refractivity contribution in [2.45, 2.75) is 6.92 Å². The second kappa shape index (κ2) is 6.37. The molecule has 2 rings (SSSR count). The summed E-state index contributed by atoms with van der Waals surface area (Å²) in [5.74, 6) is 5.03. The number of nitrogen functional groups attached to an aromatic ring is 1. The van der Waals surface area contributed by atoms with E-state index in [0.717, 1.165) is 4.68 Å². The number of halogens is 1. The monoisotopic (exact) mass is 334 g/mol. The molecule has 0 spiro atoms. The summed E-state index contributed by atoms with van der Waals surface area (Å²) >= 11 is 5.89. The normalized spacial score (nSPS) is 10.1. The third-order valence-corrected chi connectivity index (χ3v) is 3.37. The Labute approximate surface area is 135 Å². The highest BCUT2D eigenvalue weighted by molar-refractivity contribution is 6.33. The largest absolute Gasteiger partial charge is 0.462 e. The van der Waals surface area contributed by atoms with Crippen molar-refractivity contribution in [3.63, 3.8) is 0 Å². The predicted octanol–water partition coefficient (Wildman–Crippen LogP) is 2.48. The van der Waals surface area contributed by atoms with Crippen LogP contribution < -0.4 is 5.84 Å². The van der Waals surface area contributed by atoms with Gasteiger partial charge in [0.25, 0.3) is 5.69 Å². The van der Waals surface area contributed by atoms with E-state index in [0.29, 0.717) is 5.56 Å². The Balaban J connectivity index is 2.67. The van der Waals surface area contributed by atoms with Crippen molar-refractivity contribution in [1.29, 1.82) is 5.26 Å². The topological polar surface area (TPSA) is 124 Å². The van der Waals surface area contributed by atoms with Gasteiger partial charge in [-0.2, -0.15) is 5.26 Å². The van der Waals surface area contributed by atoms with Crippen LogP contribution in [0.4, 0.5) is 5.69 Å². The van der Waals surface area contributed by atoms with Crippen molar-refractivity contribution in [1.82, 2.24) is 4.68 Å². The van der Waals surface area contributed by atoms with E-state index in [2.05, 4.69) is 0 Å². The maximum absolute atomic E-state index is 12.0. The molecule has 0 radical (unpaired) electrons. The number of nitrogens with two attached hydrogens (primary N) is 1. The van der Waals surface area contributed by atoms with E-state index in [1.807, 2.05) is 6.07 Å². The Kier molecular flexibility index (Phi) is 4.52. The van der Waals surface area contributed by atoms with E-state index in [1.54, 1.807) is 6.92 Å². The van der Waals surface area contributed by atoms with Crippen molar-refractivity contribution >= 4 is 23.3 Å². The number of carbonyl (C=O) groups is 1. The van der Waals surface area contributed by atoms with Gasteiger partial charge >= 0.3 is 5.97 Å². The number of ether oxygens (including phenoxy) is 1. The van der Waals surface area contributed by atoms with Crippen LogP contribution in [0.5, 0.6) is 0 Å². The Morgan fingerprint density at radius 1 is 1.57 bits per heavy atom. The SMILES string of the molecule is CCOC(=O)c1cn(N)c(C#N)c1-c1ccc([N+](=O)[O-])c(Cl)c1. The number of nitro groups is 1. The average Bonchev–Trinajstić information content (AvgIpc) is 2.83. The van der Waals surface area contributed by atoms with Crippen LogP contribution >= 0.6 is 11.6 Å². The molecule has 0 aliphatic carbocycles. The molecule has 1 heterocycles. The molecule has 0 unspecified atom stereocenters. The number of hydrogen-bond donors (Lipinski definition) is 1. The number of nitrogens with zero attached hydrogens (tertiary/aromatic N) is 3. The van der Waals surface area contributed by atoms with Crippen LogP contribution in [0, 0.1) is 21.4 Å². The van der Waals surface area contributed by atoms with Gasteiger partial charge in [-0.1, -0.05) is 11.6 Å². The number of aromatic nitrogens is 1. The number of esters is 1. The Morgan fingerprint density at radius 2 is 2.26 bits per heavy atom. The molecule has 8 nitrogen and oxygen atoms in total. The third-order valence-electron chi connectivity index (χ3n) is 3.07. The first-order chi connectivity index (χ1) is 10.9. The lowest BCUT2D eigenvalue weighted by atomic mass is 10.0. The van der Waals surface area contributed by atoms with Gasteiger partial charge in [0, 0.05) is 17.8 Å². The summed E-state index contributed by atoms with van der Waals surface area (Å²) < 4.78 is 5.93. The molecule has 0 aliphatic heterocycles. The molecule has 0 bridgehead atoms. The maximum atomic E-state index is 12.0. The van der Waals surface area contributed by atoms with E-state index < -0.39 is 10.9 Å². The molecule has 0 saturated carbocycles. The second-order valence-corrected chi connectivity index (χ2v) is 4.84. The molecule has 0 atom stereocenters. The van der Waals surface area contributed by atoms with Gasteiger partial charge in [-0.25, -0.2) is 4.79 Å². The number of carbonyl (C=O) groups excluding carboxylic acids is 1. The number of nitro benzene ring substituents is 1. The number of hydrogen-bond acceptors (Lipinski definition) is 6. The average molecular weight is 335 g/mol. The van der Waals surface area contributed by atoms with E-state index in [1.165, 1.54) is 24.4 Å². The van der Waals surface area contributed by atoms with Crippen LogP contribution in [-0.4, -0.2) is 22.2 Å². The van der Waals surface area contributed by atoms with Gasteiger partial charge in [0.2, 0.25) is 0 Å². The van der Waals surface area contributed by atoms with Crippen LogP contribution in [-0.2, 0) is 4.74 Å². The van der Waals surface area contributed by atoms with Gasteiger partial charge in [0.15, 0.2) is 0 Å². The minimum Gasteiger partial charge on any atom is -0.462 e. The highest BCUT2D eigenvalue weighted by atomic mass is 35.5. The quantitative estimate of drug-likeness (QED) is 0.396. The smallest absolute Gasteiger partial charge is 0.340 e. The van der Waals surface area contributed by atoms with Crippen LogP contribution in [0.2, 0.25) is 5.02 Å². The first-order valence-electron chi connectivity index (χ1n) is 6.42. The summed E-state index contributed by atoms with van der Waals surface area (Å²) in [6, 6.07) is 5.78. The fraction of sp³-hybridized carbons (Fsp3) is 0.143. The molecule has 0 amide bonds. The zero-order valence-corrected chi connectivity index (χ0v) is 12.7. The first kappa shape index (κ1) is 16.3. The molecule has 1 aromatic carbocycles. The highest BCUT2D eigenvalue weighted by Crippen LogP contribution is 2.34. The van der Waals surface area contributed by atoms with Gasteiger partial charge in [-0.15, -0.1) is 0 Å². The molecule has 23 heavy (non-hydrogen) atoms. The van der Waals surface area contributed by atoms with Crippen LogP contribution in [0.15, 0.2) is 24.4 Å². The fourth-order valence-electron chi connectivity index (χ4n) is 2.10. The van der Waals surface area contributed by atoms with Crippen molar-refractivity contribution in [2.24, 2.45) is 0 Å². The predicted molar refractivity (Wildman–Crippen MR) is 82.4 cm³/mol. The summed E-state index contributed by atoms with van der Waals surface area (Å²) in [5, 5.41) is 20.0.